The molecule has 0 aliphatic rings. The zero-order valence-electron chi connectivity index (χ0n) is 21.1. The first kappa shape index (κ1) is 31.2. The molecule has 1 unspecified atom stereocenters. The van der Waals surface area contributed by atoms with E-state index in [1.165, 1.54) is 89.9 Å². The molecule has 0 N–H and O–H groups in total. The van der Waals surface area contributed by atoms with Gasteiger partial charge < -0.3 is 9.47 Å². The Morgan fingerprint density at radius 3 is 1.38 bits per heavy atom. The van der Waals surface area contributed by atoms with Crippen molar-refractivity contribution in [2.24, 2.45) is 0 Å². The van der Waals surface area contributed by atoms with E-state index in [1.54, 1.807) is 0 Å². The van der Waals surface area contributed by atoms with Crippen LogP contribution in [0.4, 0.5) is 0 Å². The van der Waals surface area contributed by atoms with E-state index in [4.69, 9.17) is 21.1 Å². The van der Waals surface area contributed by atoms with Crippen molar-refractivity contribution in [3.63, 3.8) is 0 Å². The Morgan fingerprint density at radius 2 is 0.969 bits per heavy atom. The van der Waals surface area contributed by atoms with Gasteiger partial charge in [-0.2, -0.15) is 0 Å². The van der Waals surface area contributed by atoms with Crippen LogP contribution in [-0.2, 0) is 19.1 Å². The summed E-state index contributed by atoms with van der Waals surface area (Å²) in [6.07, 6.45) is 22.1. The maximum absolute atomic E-state index is 12.0. The zero-order chi connectivity index (χ0) is 23.7. The quantitative estimate of drug-likeness (QED) is 0.0798. The lowest BCUT2D eigenvalue weighted by molar-refractivity contribution is -0.157. The van der Waals surface area contributed by atoms with Crippen molar-refractivity contribution in [2.75, 3.05) is 12.5 Å². The molecular formula is C27H51ClO4. The van der Waals surface area contributed by atoms with E-state index < -0.39 is 6.10 Å². The molecule has 0 bridgehead atoms. The highest BCUT2D eigenvalue weighted by Gasteiger charge is 2.16. The molecule has 1 atom stereocenters. The first-order valence-corrected chi connectivity index (χ1v) is 14.1. The summed E-state index contributed by atoms with van der Waals surface area (Å²) in [7, 11) is 0. The van der Waals surface area contributed by atoms with Crippen molar-refractivity contribution in [1.29, 1.82) is 0 Å². The Bertz CT molecular complexity index is 428. The Kier molecular flexibility index (Phi) is 24.3. The standard InChI is InChI=1S/C27H51ClO4/c1-3-5-7-9-11-13-15-17-19-21-26(29)31-24-25(23-28)32-27(30)22-20-18-16-14-12-10-8-6-4-2/h25H,3-24H2,1-2H3. The zero-order valence-corrected chi connectivity index (χ0v) is 21.9. The highest BCUT2D eigenvalue weighted by atomic mass is 35.5. The molecule has 0 fully saturated rings. The van der Waals surface area contributed by atoms with E-state index in [0.29, 0.717) is 12.8 Å². The first-order chi connectivity index (χ1) is 15.6. The molecule has 0 aromatic rings. The van der Waals surface area contributed by atoms with E-state index in [2.05, 4.69) is 13.8 Å². The normalized spacial score (nSPS) is 12.0. The number of hydrogen-bond donors (Lipinski definition) is 0. The van der Waals surface area contributed by atoms with E-state index >= 15 is 0 Å². The van der Waals surface area contributed by atoms with Crippen LogP contribution in [0, 0.1) is 0 Å². The molecule has 0 saturated carbocycles. The summed E-state index contributed by atoms with van der Waals surface area (Å²) in [4.78, 5) is 23.9. The lowest BCUT2D eigenvalue weighted by atomic mass is 10.1. The van der Waals surface area contributed by atoms with Gasteiger partial charge >= 0.3 is 11.9 Å². The van der Waals surface area contributed by atoms with Crippen molar-refractivity contribution >= 4 is 23.5 Å². The Morgan fingerprint density at radius 1 is 0.594 bits per heavy atom. The smallest absolute Gasteiger partial charge is 0.306 e. The van der Waals surface area contributed by atoms with E-state index in [1.807, 2.05) is 0 Å². The van der Waals surface area contributed by atoms with Crippen molar-refractivity contribution in [1.82, 2.24) is 0 Å². The van der Waals surface area contributed by atoms with E-state index in [-0.39, 0.29) is 24.4 Å². The molecule has 190 valence electrons. The van der Waals surface area contributed by atoms with Crippen molar-refractivity contribution < 1.29 is 19.1 Å². The molecule has 0 aromatic heterocycles. The van der Waals surface area contributed by atoms with Crippen LogP contribution in [0.2, 0.25) is 0 Å². The predicted molar refractivity (Wildman–Crippen MR) is 135 cm³/mol. The van der Waals surface area contributed by atoms with Crippen molar-refractivity contribution in [2.45, 2.75) is 148 Å². The third-order valence-corrected chi connectivity index (χ3v) is 6.21. The lowest BCUT2D eigenvalue weighted by Crippen LogP contribution is -2.26. The van der Waals surface area contributed by atoms with Gasteiger partial charge in [-0.25, -0.2) is 0 Å². The van der Waals surface area contributed by atoms with Crippen LogP contribution in [0.15, 0.2) is 0 Å². The van der Waals surface area contributed by atoms with Gasteiger partial charge in [0.25, 0.3) is 0 Å². The summed E-state index contributed by atoms with van der Waals surface area (Å²) in [5.41, 5.74) is 0. The third kappa shape index (κ3) is 22.4. The first-order valence-electron chi connectivity index (χ1n) is 13.5. The second-order valence-electron chi connectivity index (χ2n) is 9.11. The fraction of sp³-hybridized carbons (Fsp3) is 0.926. The van der Waals surface area contributed by atoms with Crippen molar-refractivity contribution in [3.05, 3.63) is 0 Å². The summed E-state index contributed by atoms with van der Waals surface area (Å²) in [6, 6.07) is 0. The Hall–Kier alpha value is -0.770. The largest absolute Gasteiger partial charge is 0.462 e. The molecular weight excluding hydrogens is 424 g/mol. The number of rotatable bonds is 24. The van der Waals surface area contributed by atoms with Gasteiger partial charge in [-0.3, -0.25) is 9.59 Å². The van der Waals surface area contributed by atoms with Crippen LogP contribution in [0.25, 0.3) is 0 Å². The highest BCUT2D eigenvalue weighted by Crippen LogP contribution is 2.13. The van der Waals surface area contributed by atoms with Crippen LogP contribution >= 0.6 is 11.6 Å². The minimum atomic E-state index is -0.546. The van der Waals surface area contributed by atoms with E-state index in [0.717, 1.165) is 25.7 Å². The van der Waals surface area contributed by atoms with E-state index in [9.17, 15) is 9.59 Å². The van der Waals surface area contributed by atoms with Gasteiger partial charge in [0.1, 0.15) is 12.7 Å². The van der Waals surface area contributed by atoms with Crippen LogP contribution in [0.1, 0.15) is 142 Å². The average Bonchev–Trinajstić information content (AvgIpc) is 2.79. The Labute approximate surface area is 203 Å². The van der Waals surface area contributed by atoms with Gasteiger partial charge in [0.15, 0.2) is 0 Å². The summed E-state index contributed by atoms with van der Waals surface area (Å²) >= 11 is 5.89. The van der Waals surface area contributed by atoms with Crippen LogP contribution < -0.4 is 0 Å². The molecule has 0 rings (SSSR count). The molecule has 0 aliphatic heterocycles. The number of alkyl halides is 1. The van der Waals surface area contributed by atoms with Crippen LogP contribution in [0.5, 0.6) is 0 Å². The number of carbonyl (C=O) groups is 2. The van der Waals surface area contributed by atoms with Gasteiger partial charge in [-0.1, -0.05) is 117 Å². The molecule has 0 spiro atoms. The SMILES string of the molecule is CCCCCCCCCCCC(=O)OCC(CCl)OC(=O)CCCCCCCCCCC. The second kappa shape index (κ2) is 24.9. The lowest BCUT2D eigenvalue weighted by Gasteiger charge is -2.15. The maximum atomic E-state index is 12.0. The molecule has 5 heteroatoms. The monoisotopic (exact) mass is 474 g/mol. The topological polar surface area (TPSA) is 52.6 Å². The summed E-state index contributed by atoms with van der Waals surface area (Å²) < 4.78 is 10.6. The number of halogens is 1. The molecule has 0 aromatic carbocycles. The number of ether oxygens (including phenoxy) is 2. The van der Waals surface area contributed by atoms with Gasteiger partial charge in [0.2, 0.25) is 0 Å². The Balaban J connectivity index is 3.61. The fourth-order valence-corrected chi connectivity index (χ4v) is 3.93. The second-order valence-corrected chi connectivity index (χ2v) is 9.41. The third-order valence-electron chi connectivity index (χ3n) is 5.87. The van der Waals surface area contributed by atoms with Gasteiger partial charge in [-0.05, 0) is 12.8 Å². The van der Waals surface area contributed by atoms with Crippen molar-refractivity contribution in [3.8, 4) is 0 Å². The molecule has 0 saturated heterocycles. The molecule has 0 amide bonds. The number of unbranched alkanes of at least 4 members (excludes halogenated alkanes) is 16. The molecule has 0 radical (unpaired) electrons. The summed E-state index contributed by atoms with van der Waals surface area (Å²) in [6.45, 7) is 4.52. The molecule has 0 heterocycles. The summed E-state index contributed by atoms with van der Waals surface area (Å²) in [5.74, 6) is -0.318. The average molecular weight is 475 g/mol. The molecule has 0 aliphatic carbocycles. The molecule has 32 heavy (non-hydrogen) atoms. The predicted octanol–water partition coefficient (Wildman–Crippen LogP) is 8.52. The number of esters is 2. The van der Waals surface area contributed by atoms with Crippen LogP contribution in [-0.4, -0.2) is 30.5 Å². The molecule has 4 nitrogen and oxygen atoms in total. The van der Waals surface area contributed by atoms with Gasteiger partial charge in [0, 0.05) is 12.8 Å². The van der Waals surface area contributed by atoms with Gasteiger partial charge in [0.05, 0.1) is 5.88 Å². The number of hydrogen-bond acceptors (Lipinski definition) is 4. The summed E-state index contributed by atoms with van der Waals surface area (Å²) in [5, 5.41) is 0. The minimum absolute atomic E-state index is 0.0588. The number of carbonyl (C=O) groups excluding carboxylic acids is 2. The van der Waals surface area contributed by atoms with Gasteiger partial charge in [-0.15, -0.1) is 11.6 Å². The minimum Gasteiger partial charge on any atom is -0.462 e. The van der Waals surface area contributed by atoms with Crippen LogP contribution in [0.3, 0.4) is 0 Å². The fourth-order valence-electron chi connectivity index (χ4n) is 3.77. The maximum Gasteiger partial charge on any atom is 0.306 e. The highest BCUT2D eigenvalue weighted by molar-refractivity contribution is 6.18.